The van der Waals surface area contributed by atoms with Gasteiger partial charge in [0.25, 0.3) is 5.91 Å². The van der Waals surface area contributed by atoms with Gasteiger partial charge >= 0.3 is 0 Å². The van der Waals surface area contributed by atoms with Crippen molar-refractivity contribution >= 4 is 21.8 Å². The Morgan fingerprint density at radius 3 is 3.00 bits per heavy atom. The second-order valence-corrected chi connectivity index (χ2v) is 6.08. The van der Waals surface area contributed by atoms with Crippen LogP contribution in [0.4, 0.5) is 0 Å². The molecule has 2 aliphatic heterocycles. The molecule has 1 aromatic heterocycles. The first kappa shape index (κ1) is 12.2. The number of aromatic nitrogens is 1. The van der Waals surface area contributed by atoms with E-state index in [1.807, 2.05) is 17.2 Å². The van der Waals surface area contributed by atoms with Crippen LogP contribution in [0.1, 0.15) is 29.8 Å². The summed E-state index contributed by atoms with van der Waals surface area (Å²) in [7, 11) is 0. The van der Waals surface area contributed by atoms with Crippen molar-refractivity contribution in [3.63, 3.8) is 0 Å². The fourth-order valence-corrected chi connectivity index (χ4v) is 3.35. The van der Waals surface area contributed by atoms with Gasteiger partial charge in [-0.2, -0.15) is 0 Å². The van der Waals surface area contributed by atoms with Crippen molar-refractivity contribution in [2.75, 3.05) is 26.2 Å². The second-order valence-electron chi connectivity index (χ2n) is 5.17. The average Bonchev–Trinajstić information content (AvgIpc) is 2.84. The van der Waals surface area contributed by atoms with Crippen molar-refractivity contribution in [1.29, 1.82) is 0 Å². The van der Waals surface area contributed by atoms with Gasteiger partial charge in [0.2, 0.25) is 0 Å². The summed E-state index contributed by atoms with van der Waals surface area (Å²) in [6.07, 6.45) is 5.66. The number of halogens is 1. The van der Waals surface area contributed by atoms with E-state index in [0.29, 0.717) is 11.7 Å². The van der Waals surface area contributed by atoms with Gasteiger partial charge in [0.05, 0.1) is 0 Å². The van der Waals surface area contributed by atoms with E-state index >= 15 is 0 Å². The van der Waals surface area contributed by atoms with Crippen molar-refractivity contribution in [3.05, 3.63) is 22.4 Å². The Labute approximate surface area is 115 Å². The lowest BCUT2D eigenvalue weighted by Gasteiger charge is -2.43. The van der Waals surface area contributed by atoms with Crippen LogP contribution >= 0.6 is 15.9 Å². The molecule has 0 radical (unpaired) electrons. The van der Waals surface area contributed by atoms with Gasteiger partial charge in [0.15, 0.2) is 0 Å². The quantitative estimate of drug-likeness (QED) is 0.862. The molecule has 1 atom stereocenters. The highest BCUT2D eigenvalue weighted by Gasteiger charge is 2.31. The highest BCUT2D eigenvalue weighted by molar-refractivity contribution is 9.10. The minimum atomic E-state index is 0.130. The van der Waals surface area contributed by atoms with Gasteiger partial charge in [0.1, 0.15) is 5.69 Å². The number of amides is 1. The SMILES string of the molecule is O=C(c1cc(Br)c[nH]1)N1CCN2CCCCC2C1. The molecule has 0 aromatic carbocycles. The Morgan fingerprint density at radius 2 is 2.22 bits per heavy atom. The molecule has 1 N–H and O–H groups in total. The van der Waals surface area contributed by atoms with Crippen LogP contribution in [0, 0.1) is 0 Å². The molecule has 4 nitrogen and oxygen atoms in total. The highest BCUT2D eigenvalue weighted by Crippen LogP contribution is 2.22. The third-order valence-electron chi connectivity index (χ3n) is 4.00. The Bertz CT molecular complexity index is 445. The van der Waals surface area contributed by atoms with Crippen molar-refractivity contribution in [3.8, 4) is 0 Å². The number of hydrogen-bond acceptors (Lipinski definition) is 2. The monoisotopic (exact) mass is 311 g/mol. The smallest absolute Gasteiger partial charge is 0.270 e. The molecule has 18 heavy (non-hydrogen) atoms. The largest absolute Gasteiger partial charge is 0.356 e. The summed E-state index contributed by atoms with van der Waals surface area (Å²) in [5.41, 5.74) is 0.686. The number of nitrogens with one attached hydrogen (secondary N) is 1. The van der Waals surface area contributed by atoms with Crippen LogP contribution in [-0.2, 0) is 0 Å². The molecule has 5 heteroatoms. The van der Waals surface area contributed by atoms with Crippen LogP contribution in [0.25, 0.3) is 0 Å². The Balaban J connectivity index is 1.68. The van der Waals surface area contributed by atoms with E-state index in [2.05, 4.69) is 25.8 Å². The molecule has 2 aliphatic rings. The second kappa shape index (κ2) is 5.05. The van der Waals surface area contributed by atoms with E-state index in [-0.39, 0.29) is 5.91 Å². The molecule has 0 aliphatic carbocycles. The van der Waals surface area contributed by atoms with Gasteiger partial charge in [0, 0.05) is 36.3 Å². The number of rotatable bonds is 1. The molecule has 0 spiro atoms. The van der Waals surface area contributed by atoms with Crippen molar-refractivity contribution in [2.24, 2.45) is 0 Å². The van der Waals surface area contributed by atoms with Gasteiger partial charge in [-0.3, -0.25) is 9.69 Å². The van der Waals surface area contributed by atoms with E-state index in [9.17, 15) is 4.79 Å². The number of hydrogen-bond donors (Lipinski definition) is 1. The molecule has 0 saturated carbocycles. The zero-order chi connectivity index (χ0) is 12.5. The molecule has 1 aromatic rings. The lowest BCUT2D eigenvalue weighted by atomic mass is 9.99. The van der Waals surface area contributed by atoms with Gasteiger partial charge < -0.3 is 9.88 Å². The molecule has 2 fully saturated rings. The van der Waals surface area contributed by atoms with E-state index in [0.717, 1.165) is 24.1 Å². The summed E-state index contributed by atoms with van der Waals surface area (Å²) in [5, 5.41) is 0. The van der Waals surface area contributed by atoms with E-state index in [4.69, 9.17) is 0 Å². The predicted molar refractivity (Wildman–Crippen MR) is 73.6 cm³/mol. The number of aromatic amines is 1. The molecular formula is C13H18BrN3O. The summed E-state index contributed by atoms with van der Waals surface area (Å²) < 4.78 is 0.933. The number of piperazine rings is 1. The van der Waals surface area contributed by atoms with Gasteiger partial charge in [-0.15, -0.1) is 0 Å². The number of fused-ring (bicyclic) bond motifs is 1. The van der Waals surface area contributed by atoms with Crippen molar-refractivity contribution in [2.45, 2.75) is 25.3 Å². The molecule has 1 unspecified atom stereocenters. The summed E-state index contributed by atoms with van der Waals surface area (Å²) in [5.74, 6) is 0.130. The fourth-order valence-electron chi connectivity index (χ4n) is 3.00. The Morgan fingerprint density at radius 1 is 1.33 bits per heavy atom. The number of H-pyrrole nitrogens is 1. The first-order chi connectivity index (χ1) is 8.74. The third kappa shape index (κ3) is 2.34. The topological polar surface area (TPSA) is 39.3 Å². The van der Waals surface area contributed by atoms with Gasteiger partial charge in [-0.1, -0.05) is 6.42 Å². The summed E-state index contributed by atoms with van der Waals surface area (Å²) >= 11 is 3.37. The van der Waals surface area contributed by atoms with Gasteiger partial charge in [-0.25, -0.2) is 0 Å². The number of carbonyl (C=O) groups is 1. The maximum absolute atomic E-state index is 12.3. The van der Waals surface area contributed by atoms with Crippen LogP contribution in [0.15, 0.2) is 16.7 Å². The van der Waals surface area contributed by atoms with Crippen LogP contribution < -0.4 is 0 Å². The van der Waals surface area contributed by atoms with Crippen LogP contribution in [0.3, 0.4) is 0 Å². The van der Waals surface area contributed by atoms with E-state index in [1.54, 1.807) is 0 Å². The first-order valence-electron chi connectivity index (χ1n) is 6.61. The Kier molecular flexibility index (Phi) is 3.43. The first-order valence-corrected chi connectivity index (χ1v) is 7.40. The number of piperidine rings is 1. The van der Waals surface area contributed by atoms with Crippen molar-refractivity contribution < 1.29 is 4.79 Å². The summed E-state index contributed by atoms with van der Waals surface area (Å²) in [6.45, 7) is 3.97. The molecule has 98 valence electrons. The average molecular weight is 312 g/mol. The van der Waals surface area contributed by atoms with E-state index in [1.165, 1.54) is 25.8 Å². The maximum atomic E-state index is 12.3. The van der Waals surface area contributed by atoms with E-state index < -0.39 is 0 Å². The van der Waals surface area contributed by atoms with Crippen molar-refractivity contribution in [1.82, 2.24) is 14.8 Å². The highest BCUT2D eigenvalue weighted by atomic mass is 79.9. The lowest BCUT2D eigenvalue weighted by Crippen LogP contribution is -2.56. The third-order valence-corrected chi connectivity index (χ3v) is 4.46. The summed E-state index contributed by atoms with van der Waals surface area (Å²) in [6, 6.07) is 2.44. The Hall–Kier alpha value is -0.810. The molecule has 2 saturated heterocycles. The number of nitrogens with zero attached hydrogens (tertiary/aromatic N) is 2. The molecule has 0 bridgehead atoms. The minimum absolute atomic E-state index is 0.130. The van der Waals surface area contributed by atoms with Crippen LogP contribution in [0.5, 0.6) is 0 Å². The minimum Gasteiger partial charge on any atom is -0.356 e. The zero-order valence-electron chi connectivity index (χ0n) is 10.4. The fraction of sp³-hybridized carbons (Fsp3) is 0.615. The molecule has 3 rings (SSSR count). The number of carbonyl (C=O) groups excluding carboxylic acids is 1. The normalized spacial score (nSPS) is 24.9. The summed E-state index contributed by atoms with van der Waals surface area (Å²) in [4.78, 5) is 19.9. The predicted octanol–water partition coefficient (Wildman–Crippen LogP) is 2.09. The maximum Gasteiger partial charge on any atom is 0.270 e. The van der Waals surface area contributed by atoms with Crippen LogP contribution in [0.2, 0.25) is 0 Å². The molecule has 1 amide bonds. The zero-order valence-corrected chi connectivity index (χ0v) is 11.9. The van der Waals surface area contributed by atoms with Gasteiger partial charge in [-0.05, 0) is 41.4 Å². The standard InChI is InChI=1S/C13H18BrN3O/c14-10-7-12(15-8-10)13(18)17-6-5-16-4-2-1-3-11(16)9-17/h7-8,11,15H,1-6,9H2. The lowest BCUT2D eigenvalue weighted by molar-refractivity contribution is 0.0369. The molecular weight excluding hydrogens is 294 g/mol. The van der Waals surface area contributed by atoms with Crippen LogP contribution in [-0.4, -0.2) is 52.9 Å². The molecule has 3 heterocycles.